The Bertz CT molecular complexity index is 982. The van der Waals surface area contributed by atoms with Crippen molar-refractivity contribution in [1.29, 1.82) is 0 Å². The average molecular weight is 409 g/mol. The highest BCUT2D eigenvalue weighted by molar-refractivity contribution is 6.06. The van der Waals surface area contributed by atoms with Gasteiger partial charge in [0.1, 0.15) is 0 Å². The van der Waals surface area contributed by atoms with E-state index < -0.39 is 24.5 Å². The molecule has 0 spiro atoms. The van der Waals surface area contributed by atoms with Gasteiger partial charge in [-0.05, 0) is 49.7 Å². The summed E-state index contributed by atoms with van der Waals surface area (Å²) in [5, 5.41) is 5.75. The zero-order valence-corrected chi connectivity index (χ0v) is 17.2. The number of ether oxygens (including phenoxy) is 1. The fourth-order valence-electron chi connectivity index (χ4n) is 4.45. The number of aryl methyl sites for hydroxylation is 1. The number of nitrogens with zero attached hydrogens (tertiary/aromatic N) is 1. The van der Waals surface area contributed by atoms with Crippen LogP contribution in [0.1, 0.15) is 60.6 Å². The van der Waals surface area contributed by atoms with Gasteiger partial charge in [-0.1, -0.05) is 38.0 Å². The maximum Gasteiger partial charge on any atom is 0.339 e. The second-order valence-corrected chi connectivity index (χ2v) is 8.36. The van der Waals surface area contributed by atoms with Gasteiger partial charge in [-0.2, -0.15) is 0 Å². The molecule has 3 amide bonds. The second-order valence-electron chi connectivity index (χ2n) is 8.36. The Hall–Kier alpha value is -2.96. The lowest BCUT2D eigenvalue weighted by Gasteiger charge is -2.24. The highest BCUT2D eigenvalue weighted by atomic mass is 16.5. The monoisotopic (exact) mass is 409 g/mol. The van der Waals surface area contributed by atoms with Crippen molar-refractivity contribution < 1.29 is 19.1 Å². The van der Waals surface area contributed by atoms with E-state index in [0.29, 0.717) is 11.5 Å². The van der Waals surface area contributed by atoms with Gasteiger partial charge in [0.05, 0.1) is 11.1 Å². The third kappa shape index (κ3) is 4.45. The summed E-state index contributed by atoms with van der Waals surface area (Å²) in [6.07, 6.45) is 6.63. The molecule has 1 atom stereocenters. The molecule has 1 aromatic heterocycles. The summed E-state index contributed by atoms with van der Waals surface area (Å²) in [7, 11) is 0. The standard InChI is InChI=1S/C23H27N3O4/c1-14-10-11-19-17(12-14)21(16-8-4-5-9-18(16)25-19)22(28)30-13-20(27)26-23(29)24-15-6-2-3-7-15/h4-5,8-9,14-15H,2-3,6-7,10-13H2,1H3,(H2,24,26,27,29). The zero-order valence-electron chi connectivity index (χ0n) is 17.2. The first-order valence-electron chi connectivity index (χ1n) is 10.7. The molecule has 0 bridgehead atoms. The van der Waals surface area contributed by atoms with Crippen molar-refractivity contribution in [3.8, 4) is 0 Å². The number of esters is 1. The first kappa shape index (κ1) is 20.3. The van der Waals surface area contributed by atoms with Gasteiger partial charge < -0.3 is 10.1 Å². The quantitative estimate of drug-likeness (QED) is 0.756. The van der Waals surface area contributed by atoms with E-state index in [-0.39, 0.29) is 6.04 Å². The van der Waals surface area contributed by atoms with Gasteiger partial charge in [-0.3, -0.25) is 15.1 Å². The minimum atomic E-state index is -0.639. The van der Waals surface area contributed by atoms with Gasteiger partial charge in [0, 0.05) is 17.1 Å². The zero-order chi connectivity index (χ0) is 21.1. The maximum atomic E-state index is 13.0. The van der Waals surface area contributed by atoms with Crippen LogP contribution in [0.2, 0.25) is 0 Å². The predicted octanol–water partition coefficient (Wildman–Crippen LogP) is 3.28. The Labute approximate surface area is 175 Å². The van der Waals surface area contributed by atoms with E-state index in [2.05, 4.69) is 17.6 Å². The third-order valence-corrected chi connectivity index (χ3v) is 5.99. The number of aromatic nitrogens is 1. The topological polar surface area (TPSA) is 97.4 Å². The Morgan fingerprint density at radius 2 is 1.90 bits per heavy atom. The smallest absolute Gasteiger partial charge is 0.339 e. The van der Waals surface area contributed by atoms with Gasteiger partial charge >= 0.3 is 12.0 Å². The predicted molar refractivity (Wildman–Crippen MR) is 112 cm³/mol. The highest BCUT2D eigenvalue weighted by Gasteiger charge is 2.26. The number of urea groups is 1. The number of hydrogen-bond acceptors (Lipinski definition) is 5. The molecule has 1 heterocycles. The summed E-state index contributed by atoms with van der Waals surface area (Å²) in [5.41, 5.74) is 3.08. The number of hydrogen-bond donors (Lipinski definition) is 2. The fourth-order valence-corrected chi connectivity index (χ4v) is 4.45. The normalized spacial score (nSPS) is 18.6. The van der Waals surface area contributed by atoms with E-state index in [1.165, 1.54) is 0 Å². The molecule has 2 aliphatic rings. The number of rotatable bonds is 4. The molecule has 0 saturated heterocycles. The van der Waals surface area contributed by atoms with Crippen molar-refractivity contribution in [2.24, 2.45) is 5.92 Å². The molecule has 1 aromatic carbocycles. The van der Waals surface area contributed by atoms with Gasteiger partial charge in [0.25, 0.3) is 5.91 Å². The molecule has 1 unspecified atom stereocenters. The Morgan fingerprint density at radius 3 is 2.70 bits per heavy atom. The summed E-state index contributed by atoms with van der Waals surface area (Å²) in [4.78, 5) is 41.8. The number of carbonyl (C=O) groups excluding carboxylic acids is 3. The summed E-state index contributed by atoms with van der Waals surface area (Å²) >= 11 is 0. The average Bonchev–Trinajstić information content (AvgIpc) is 3.23. The van der Waals surface area contributed by atoms with E-state index in [1.807, 2.05) is 24.3 Å². The van der Waals surface area contributed by atoms with E-state index in [0.717, 1.165) is 67.1 Å². The van der Waals surface area contributed by atoms with E-state index >= 15 is 0 Å². The van der Waals surface area contributed by atoms with Crippen LogP contribution in [0.4, 0.5) is 4.79 Å². The van der Waals surface area contributed by atoms with Crippen LogP contribution in [0.25, 0.3) is 10.9 Å². The van der Waals surface area contributed by atoms with Crippen LogP contribution >= 0.6 is 0 Å². The number of fused-ring (bicyclic) bond motifs is 2. The lowest BCUT2D eigenvalue weighted by molar-refractivity contribution is -0.123. The van der Waals surface area contributed by atoms with Crippen LogP contribution in [0.15, 0.2) is 24.3 Å². The lowest BCUT2D eigenvalue weighted by Crippen LogP contribution is -2.45. The van der Waals surface area contributed by atoms with E-state index in [4.69, 9.17) is 9.72 Å². The molecule has 1 fully saturated rings. The molecule has 0 radical (unpaired) electrons. The molecule has 4 rings (SSSR count). The van der Waals surface area contributed by atoms with Crippen molar-refractivity contribution in [2.75, 3.05) is 6.61 Å². The minimum absolute atomic E-state index is 0.108. The molecular weight excluding hydrogens is 382 g/mol. The van der Waals surface area contributed by atoms with Crippen molar-refractivity contribution in [3.05, 3.63) is 41.1 Å². The first-order valence-corrected chi connectivity index (χ1v) is 10.7. The van der Waals surface area contributed by atoms with Crippen molar-refractivity contribution in [3.63, 3.8) is 0 Å². The second kappa shape index (κ2) is 8.81. The van der Waals surface area contributed by atoms with Crippen LogP contribution in [-0.2, 0) is 22.4 Å². The van der Waals surface area contributed by atoms with E-state index in [9.17, 15) is 14.4 Å². The van der Waals surface area contributed by atoms with Gasteiger partial charge in [-0.15, -0.1) is 0 Å². The molecule has 7 heteroatoms. The molecule has 2 aliphatic carbocycles. The number of benzene rings is 1. The van der Waals surface area contributed by atoms with Crippen molar-refractivity contribution in [2.45, 2.75) is 57.9 Å². The van der Waals surface area contributed by atoms with E-state index in [1.54, 1.807) is 0 Å². The van der Waals surface area contributed by atoms with Gasteiger partial charge in [0.15, 0.2) is 6.61 Å². The molecule has 7 nitrogen and oxygen atoms in total. The number of amides is 3. The minimum Gasteiger partial charge on any atom is -0.452 e. The molecule has 30 heavy (non-hydrogen) atoms. The van der Waals surface area contributed by atoms with Gasteiger partial charge in [-0.25, -0.2) is 9.59 Å². The summed E-state index contributed by atoms with van der Waals surface area (Å²) in [6, 6.07) is 7.05. The highest BCUT2D eigenvalue weighted by Crippen LogP contribution is 2.32. The van der Waals surface area contributed by atoms with Crippen LogP contribution < -0.4 is 10.6 Å². The van der Waals surface area contributed by atoms with Crippen molar-refractivity contribution in [1.82, 2.24) is 15.6 Å². The maximum absolute atomic E-state index is 13.0. The SMILES string of the molecule is CC1CCc2nc3ccccc3c(C(=O)OCC(=O)NC(=O)NC3CCCC3)c2C1. The van der Waals surface area contributed by atoms with Crippen LogP contribution in [-0.4, -0.2) is 35.5 Å². The van der Waals surface area contributed by atoms with Crippen molar-refractivity contribution >= 4 is 28.8 Å². The molecule has 158 valence electrons. The number of nitrogens with one attached hydrogen (secondary N) is 2. The number of para-hydroxylation sites is 1. The molecule has 2 N–H and O–H groups in total. The number of imide groups is 1. The Kier molecular flexibility index (Phi) is 5.97. The van der Waals surface area contributed by atoms with Crippen LogP contribution in [0.5, 0.6) is 0 Å². The number of pyridine rings is 1. The Morgan fingerprint density at radius 1 is 1.13 bits per heavy atom. The Balaban J connectivity index is 1.46. The van der Waals surface area contributed by atoms with Gasteiger partial charge in [0.2, 0.25) is 0 Å². The number of carbonyl (C=O) groups is 3. The molecule has 1 saturated carbocycles. The van der Waals surface area contributed by atoms with Crippen LogP contribution in [0, 0.1) is 5.92 Å². The fraction of sp³-hybridized carbons (Fsp3) is 0.478. The summed E-state index contributed by atoms with van der Waals surface area (Å²) < 4.78 is 5.31. The molecule has 0 aliphatic heterocycles. The summed E-state index contributed by atoms with van der Waals surface area (Å²) in [5.74, 6) is -0.737. The summed E-state index contributed by atoms with van der Waals surface area (Å²) in [6.45, 7) is 1.65. The lowest BCUT2D eigenvalue weighted by atomic mass is 9.84. The largest absolute Gasteiger partial charge is 0.452 e. The third-order valence-electron chi connectivity index (χ3n) is 5.99. The van der Waals surface area contributed by atoms with Crippen LogP contribution in [0.3, 0.4) is 0 Å². The molecular formula is C23H27N3O4. The molecule has 2 aromatic rings. The first-order chi connectivity index (χ1) is 14.5.